The van der Waals surface area contributed by atoms with Crippen LogP contribution in [0.1, 0.15) is 10.5 Å². The van der Waals surface area contributed by atoms with Crippen molar-refractivity contribution in [1.82, 2.24) is 9.88 Å². The second-order valence-electron chi connectivity index (χ2n) is 6.57. The molecule has 0 aliphatic carbocycles. The predicted molar refractivity (Wildman–Crippen MR) is 116 cm³/mol. The zero-order valence-corrected chi connectivity index (χ0v) is 17.3. The molecule has 29 heavy (non-hydrogen) atoms. The maximum absolute atomic E-state index is 13.4. The number of nitrogens with one attached hydrogen (secondary N) is 1. The number of amides is 1. The molecule has 8 heteroatoms. The van der Waals surface area contributed by atoms with Crippen molar-refractivity contribution in [3.8, 4) is 5.75 Å². The molecule has 150 valence electrons. The van der Waals surface area contributed by atoms with Crippen LogP contribution < -0.4 is 10.1 Å². The van der Waals surface area contributed by atoms with Crippen LogP contribution in [0.5, 0.6) is 5.75 Å². The minimum Gasteiger partial charge on any atom is -0.494 e. The first-order valence-corrected chi connectivity index (χ1v) is 10.7. The molecule has 0 radical (unpaired) electrons. The van der Waals surface area contributed by atoms with Gasteiger partial charge in [0.2, 0.25) is 0 Å². The first-order chi connectivity index (χ1) is 14.1. The van der Waals surface area contributed by atoms with Gasteiger partial charge in [0.1, 0.15) is 22.8 Å². The van der Waals surface area contributed by atoms with E-state index in [4.69, 9.17) is 16.3 Å². The van der Waals surface area contributed by atoms with Gasteiger partial charge in [0.15, 0.2) is 0 Å². The number of ether oxygens (including phenoxy) is 1. The smallest absolute Gasteiger partial charge is 0.272 e. The maximum atomic E-state index is 13.4. The van der Waals surface area contributed by atoms with Crippen LogP contribution in [-0.4, -0.2) is 47.5 Å². The average Bonchev–Trinajstić information content (AvgIpc) is 2.75. The van der Waals surface area contributed by atoms with Crippen LogP contribution >= 0.6 is 23.4 Å². The third kappa shape index (κ3) is 4.11. The van der Waals surface area contributed by atoms with Crippen molar-refractivity contribution >= 4 is 51.5 Å². The summed E-state index contributed by atoms with van der Waals surface area (Å²) in [5, 5.41) is 4.25. The van der Waals surface area contributed by atoms with Crippen LogP contribution in [0, 0.1) is 5.82 Å². The molecule has 3 aromatic rings. The molecule has 5 nitrogen and oxygen atoms in total. The van der Waals surface area contributed by atoms with Crippen molar-refractivity contribution in [2.24, 2.45) is 0 Å². The fourth-order valence-electron chi connectivity index (χ4n) is 3.26. The fourth-order valence-corrected chi connectivity index (χ4v) is 4.38. The van der Waals surface area contributed by atoms with Crippen molar-refractivity contribution < 1.29 is 13.9 Å². The topological polar surface area (TPSA) is 54.5 Å². The molecule has 0 atom stereocenters. The Balaban J connectivity index is 1.82. The highest BCUT2D eigenvalue weighted by Crippen LogP contribution is 2.34. The summed E-state index contributed by atoms with van der Waals surface area (Å²) in [7, 11) is 1.57. The molecule has 0 bridgehead atoms. The van der Waals surface area contributed by atoms with E-state index in [0.717, 1.165) is 16.9 Å². The first-order valence-electron chi connectivity index (χ1n) is 9.13. The van der Waals surface area contributed by atoms with Crippen LogP contribution in [0.3, 0.4) is 0 Å². The zero-order valence-electron chi connectivity index (χ0n) is 15.7. The summed E-state index contributed by atoms with van der Waals surface area (Å²) in [4.78, 5) is 19.5. The first kappa shape index (κ1) is 19.8. The summed E-state index contributed by atoms with van der Waals surface area (Å²) in [5.74, 6) is 1.87. The van der Waals surface area contributed by atoms with Gasteiger partial charge in [-0.1, -0.05) is 23.7 Å². The number of para-hydroxylation sites is 1. The second-order valence-corrected chi connectivity index (χ2v) is 8.20. The van der Waals surface area contributed by atoms with Crippen molar-refractivity contribution in [3.05, 3.63) is 59.0 Å². The van der Waals surface area contributed by atoms with Gasteiger partial charge in [0.25, 0.3) is 5.91 Å². The molecule has 1 aromatic heterocycles. The molecule has 0 spiro atoms. The number of carbonyl (C=O) groups is 1. The number of thioether (sulfide) groups is 1. The van der Waals surface area contributed by atoms with Crippen molar-refractivity contribution in [1.29, 1.82) is 0 Å². The summed E-state index contributed by atoms with van der Waals surface area (Å²) >= 11 is 8.03. The second kappa shape index (κ2) is 8.47. The Kier molecular flexibility index (Phi) is 5.78. The van der Waals surface area contributed by atoms with E-state index in [0.29, 0.717) is 41.4 Å². The number of nitrogens with zero attached hydrogens (tertiary/aromatic N) is 2. The highest BCUT2D eigenvalue weighted by atomic mass is 35.5. The van der Waals surface area contributed by atoms with Crippen molar-refractivity contribution in [2.45, 2.75) is 0 Å². The van der Waals surface area contributed by atoms with Gasteiger partial charge in [-0.15, -0.1) is 0 Å². The molecule has 1 aliphatic rings. The summed E-state index contributed by atoms with van der Waals surface area (Å²) in [5.41, 5.74) is 2.09. The molecule has 1 N–H and O–H groups in total. The van der Waals surface area contributed by atoms with Gasteiger partial charge in [-0.3, -0.25) is 4.79 Å². The van der Waals surface area contributed by atoms with Crippen LogP contribution in [0.25, 0.3) is 10.9 Å². The Bertz CT molecular complexity index is 1070. The van der Waals surface area contributed by atoms with Crippen molar-refractivity contribution in [2.75, 3.05) is 37.0 Å². The number of pyridine rings is 1. The van der Waals surface area contributed by atoms with E-state index in [1.54, 1.807) is 25.3 Å². The number of methoxy groups -OCH3 is 1. The number of rotatable bonds is 4. The molecule has 1 amide bonds. The summed E-state index contributed by atoms with van der Waals surface area (Å²) in [6.07, 6.45) is 0. The monoisotopic (exact) mass is 431 g/mol. The molecule has 1 fully saturated rings. The highest BCUT2D eigenvalue weighted by molar-refractivity contribution is 7.99. The van der Waals surface area contributed by atoms with Gasteiger partial charge >= 0.3 is 0 Å². The zero-order chi connectivity index (χ0) is 20.4. The predicted octanol–water partition coefficient (Wildman–Crippen LogP) is 4.97. The maximum Gasteiger partial charge on any atom is 0.272 e. The number of fused-ring (bicyclic) bond motifs is 1. The number of aromatic nitrogens is 1. The fraction of sp³-hybridized carbons (Fsp3) is 0.238. The largest absolute Gasteiger partial charge is 0.494 e. The minimum atomic E-state index is -0.416. The third-order valence-electron chi connectivity index (χ3n) is 4.74. The normalized spacial score (nSPS) is 14.1. The van der Waals surface area contributed by atoms with Crippen LogP contribution in [-0.2, 0) is 0 Å². The van der Waals surface area contributed by atoms with E-state index < -0.39 is 5.82 Å². The Morgan fingerprint density at radius 2 is 2.00 bits per heavy atom. The molecular weight excluding hydrogens is 413 g/mol. The van der Waals surface area contributed by atoms with Gasteiger partial charge < -0.3 is 15.0 Å². The average molecular weight is 432 g/mol. The molecule has 1 saturated heterocycles. The molecule has 2 heterocycles. The van der Waals surface area contributed by atoms with E-state index in [1.165, 1.54) is 12.1 Å². The van der Waals surface area contributed by atoms with Gasteiger partial charge in [0, 0.05) is 30.0 Å². The highest BCUT2D eigenvalue weighted by Gasteiger charge is 2.22. The molecule has 0 saturated carbocycles. The van der Waals surface area contributed by atoms with E-state index in [9.17, 15) is 9.18 Å². The molecule has 2 aromatic carbocycles. The van der Waals surface area contributed by atoms with E-state index >= 15 is 0 Å². The van der Waals surface area contributed by atoms with E-state index in [2.05, 4.69) is 10.3 Å². The van der Waals surface area contributed by atoms with Gasteiger partial charge in [-0.25, -0.2) is 9.37 Å². The van der Waals surface area contributed by atoms with Gasteiger partial charge in [-0.2, -0.15) is 11.8 Å². The number of benzene rings is 2. The van der Waals surface area contributed by atoms with Gasteiger partial charge in [-0.05, 0) is 30.3 Å². The lowest BCUT2D eigenvalue weighted by Crippen LogP contribution is -2.38. The van der Waals surface area contributed by atoms with Gasteiger partial charge in [0.05, 0.1) is 23.5 Å². The molecule has 1 aliphatic heterocycles. The Morgan fingerprint density at radius 3 is 2.72 bits per heavy atom. The lowest BCUT2D eigenvalue weighted by atomic mass is 10.1. The number of hydrogen-bond acceptors (Lipinski definition) is 5. The molecule has 0 unspecified atom stereocenters. The SMILES string of the molecule is COc1cccc2c(Nc3ccc(F)cc3Cl)cc(C(=O)N3CCSCC3)nc12. The molecular formula is C21H19ClFN3O2S. The van der Waals surface area contributed by atoms with Crippen LogP contribution in [0.15, 0.2) is 42.5 Å². The Morgan fingerprint density at radius 1 is 1.21 bits per heavy atom. The number of hydrogen-bond donors (Lipinski definition) is 1. The third-order valence-corrected chi connectivity index (χ3v) is 6.00. The van der Waals surface area contributed by atoms with E-state index in [1.807, 2.05) is 28.8 Å². The lowest BCUT2D eigenvalue weighted by Gasteiger charge is -2.26. The lowest BCUT2D eigenvalue weighted by molar-refractivity contribution is 0.0767. The van der Waals surface area contributed by atoms with E-state index in [-0.39, 0.29) is 10.9 Å². The summed E-state index contributed by atoms with van der Waals surface area (Å²) < 4.78 is 18.9. The Hall–Kier alpha value is -2.51. The standard InChI is InChI=1S/C21H19ClFN3O2S/c1-28-19-4-2-3-14-17(24-16-6-5-13(23)11-15(16)22)12-18(25-20(14)19)21(27)26-7-9-29-10-8-26/h2-6,11-12H,7-10H2,1H3,(H,24,25). The summed E-state index contributed by atoms with van der Waals surface area (Å²) in [6, 6.07) is 11.4. The number of halogens is 2. The quantitative estimate of drug-likeness (QED) is 0.632. The Labute approximate surface area is 177 Å². The van der Waals surface area contributed by atoms with Crippen molar-refractivity contribution in [3.63, 3.8) is 0 Å². The minimum absolute atomic E-state index is 0.119. The number of carbonyl (C=O) groups excluding carboxylic acids is 1. The van der Waals surface area contributed by atoms with Crippen LogP contribution in [0.2, 0.25) is 5.02 Å². The van der Waals surface area contributed by atoms with Crippen LogP contribution in [0.4, 0.5) is 15.8 Å². The number of anilines is 2. The summed E-state index contributed by atoms with van der Waals surface area (Å²) in [6.45, 7) is 1.39. The molecule has 4 rings (SSSR count).